The Bertz CT molecular complexity index is 528. The van der Waals surface area contributed by atoms with Crippen LogP contribution in [0, 0.1) is 5.82 Å². The Morgan fingerprint density at radius 2 is 2.28 bits per heavy atom. The molecule has 0 spiro atoms. The average Bonchev–Trinajstić information content (AvgIpc) is 2.76. The summed E-state index contributed by atoms with van der Waals surface area (Å²) in [5.74, 6) is 0.973. The van der Waals surface area contributed by atoms with E-state index in [9.17, 15) is 4.39 Å². The first-order chi connectivity index (χ1) is 8.70. The number of rotatable bonds is 5. The molecule has 0 unspecified atom stereocenters. The fourth-order valence-electron chi connectivity index (χ4n) is 1.49. The van der Waals surface area contributed by atoms with E-state index in [2.05, 4.69) is 22.4 Å². The first-order valence-electron chi connectivity index (χ1n) is 5.63. The van der Waals surface area contributed by atoms with Crippen molar-refractivity contribution in [1.29, 1.82) is 0 Å². The highest BCUT2D eigenvalue weighted by molar-refractivity contribution is 7.98. The molecule has 0 fully saturated rings. The van der Waals surface area contributed by atoms with Crippen molar-refractivity contribution >= 4 is 17.4 Å². The second kappa shape index (κ2) is 5.81. The number of benzene rings is 1. The smallest absolute Gasteiger partial charge is 0.161 e. The lowest BCUT2D eigenvalue weighted by molar-refractivity contribution is 0.564. The van der Waals surface area contributed by atoms with Gasteiger partial charge in [0.2, 0.25) is 0 Å². The second-order valence-corrected chi connectivity index (χ2v) is 4.81. The molecular formula is C11H14FN5S. The molecule has 0 radical (unpaired) electrons. The van der Waals surface area contributed by atoms with Gasteiger partial charge in [-0.1, -0.05) is 6.92 Å². The van der Waals surface area contributed by atoms with Crippen LogP contribution in [-0.2, 0) is 12.3 Å². The maximum atomic E-state index is 13.6. The Hall–Kier alpha value is -1.63. The Kier molecular flexibility index (Phi) is 4.14. The molecule has 0 aliphatic rings. The number of hydrogen-bond donors (Lipinski definition) is 1. The maximum absolute atomic E-state index is 13.6. The van der Waals surface area contributed by atoms with Crippen molar-refractivity contribution in [2.45, 2.75) is 30.5 Å². The first-order valence-corrected chi connectivity index (χ1v) is 6.62. The molecule has 0 atom stereocenters. The number of aromatic nitrogens is 4. The monoisotopic (exact) mass is 267 g/mol. The molecule has 1 aromatic heterocycles. The molecule has 0 amide bonds. The minimum absolute atomic E-state index is 0.311. The molecule has 18 heavy (non-hydrogen) atoms. The predicted octanol–water partition coefficient (Wildman–Crippen LogP) is 2.10. The van der Waals surface area contributed by atoms with Crippen molar-refractivity contribution < 1.29 is 4.39 Å². The largest absolute Gasteiger partial charge is 0.399 e. The van der Waals surface area contributed by atoms with Crippen molar-refractivity contribution in [3.05, 3.63) is 29.8 Å². The minimum atomic E-state index is -0.311. The summed E-state index contributed by atoms with van der Waals surface area (Å²) in [6, 6.07) is 4.67. The second-order valence-electron chi connectivity index (χ2n) is 3.80. The van der Waals surface area contributed by atoms with Gasteiger partial charge >= 0.3 is 0 Å². The predicted molar refractivity (Wildman–Crippen MR) is 68.5 cm³/mol. The topological polar surface area (TPSA) is 69.6 Å². The number of halogens is 1. The molecular weight excluding hydrogens is 253 g/mol. The van der Waals surface area contributed by atoms with Crippen molar-refractivity contribution in [2.24, 2.45) is 0 Å². The number of anilines is 1. The van der Waals surface area contributed by atoms with Crippen LogP contribution in [0.15, 0.2) is 23.1 Å². The van der Waals surface area contributed by atoms with E-state index in [-0.39, 0.29) is 5.82 Å². The molecule has 1 heterocycles. The quantitative estimate of drug-likeness (QED) is 0.663. The number of thioether (sulfide) groups is 1. The van der Waals surface area contributed by atoms with Crippen molar-refractivity contribution in [3.63, 3.8) is 0 Å². The fraction of sp³-hybridized carbons (Fsp3) is 0.364. The Morgan fingerprint density at radius 3 is 3.00 bits per heavy atom. The van der Waals surface area contributed by atoms with Gasteiger partial charge < -0.3 is 5.73 Å². The first kappa shape index (κ1) is 12.8. The van der Waals surface area contributed by atoms with E-state index < -0.39 is 0 Å². The van der Waals surface area contributed by atoms with Gasteiger partial charge in [0.1, 0.15) is 5.82 Å². The van der Waals surface area contributed by atoms with Crippen LogP contribution in [0.3, 0.4) is 0 Å². The molecule has 5 nitrogen and oxygen atoms in total. The molecule has 0 aliphatic heterocycles. The van der Waals surface area contributed by atoms with Crippen molar-refractivity contribution in [2.75, 3.05) is 5.73 Å². The highest BCUT2D eigenvalue weighted by Crippen LogP contribution is 2.25. The van der Waals surface area contributed by atoms with Gasteiger partial charge in [0.25, 0.3) is 0 Å². The van der Waals surface area contributed by atoms with E-state index in [1.54, 1.807) is 16.8 Å². The third-order valence-electron chi connectivity index (χ3n) is 2.35. The zero-order valence-electron chi connectivity index (χ0n) is 10.0. The Morgan fingerprint density at radius 1 is 1.44 bits per heavy atom. The molecule has 1 aromatic carbocycles. The summed E-state index contributed by atoms with van der Waals surface area (Å²) in [7, 11) is 0. The third kappa shape index (κ3) is 2.98. The van der Waals surface area contributed by atoms with Crippen LogP contribution in [0.2, 0.25) is 0 Å². The van der Waals surface area contributed by atoms with Crippen LogP contribution in [-0.4, -0.2) is 20.2 Å². The highest BCUT2D eigenvalue weighted by atomic mass is 32.2. The molecule has 0 saturated carbocycles. The maximum Gasteiger partial charge on any atom is 0.161 e. The van der Waals surface area contributed by atoms with Crippen LogP contribution in [0.25, 0.3) is 0 Å². The van der Waals surface area contributed by atoms with Crippen molar-refractivity contribution in [3.8, 4) is 0 Å². The summed E-state index contributed by atoms with van der Waals surface area (Å²) < 4.78 is 15.3. The number of nitrogens with zero attached hydrogens (tertiary/aromatic N) is 4. The van der Waals surface area contributed by atoms with Crippen LogP contribution in [0.5, 0.6) is 0 Å². The minimum Gasteiger partial charge on any atom is -0.399 e. The molecule has 2 rings (SSSR count). The molecule has 7 heteroatoms. The van der Waals surface area contributed by atoms with Gasteiger partial charge in [-0.2, -0.15) is 0 Å². The van der Waals surface area contributed by atoms with Gasteiger partial charge in [-0.25, -0.2) is 9.07 Å². The standard InChI is InChI=1S/C11H14FN5S/c1-2-5-17-11(14-15-16-17)7-18-10-4-3-8(13)6-9(10)12/h3-4,6H,2,5,7,13H2,1H3. The highest BCUT2D eigenvalue weighted by Gasteiger charge is 2.08. The van der Waals surface area contributed by atoms with Gasteiger partial charge in [0, 0.05) is 17.1 Å². The van der Waals surface area contributed by atoms with E-state index in [0.29, 0.717) is 16.3 Å². The van der Waals surface area contributed by atoms with Crippen LogP contribution in [0.4, 0.5) is 10.1 Å². The average molecular weight is 267 g/mol. The number of aryl methyl sites for hydroxylation is 1. The number of nitrogens with two attached hydrogens (primary N) is 1. The normalized spacial score (nSPS) is 10.8. The lowest BCUT2D eigenvalue weighted by Gasteiger charge is -2.04. The summed E-state index contributed by atoms with van der Waals surface area (Å²) in [5, 5.41) is 11.4. The molecule has 0 bridgehead atoms. The number of tetrazole rings is 1. The van der Waals surface area contributed by atoms with E-state index in [1.165, 1.54) is 17.8 Å². The van der Waals surface area contributed by atoms with E-state index >= 15 is 0 Å². The fourth-order valence-corrected chi connectivity index (χ4v) is 2.34. The van der Waals surface area contributed by atoms with Gasteiger partial charge in [0.05, 0.1) is 5.75 Å². The van der Waals surface area contributed by atoms with Gasteiger partial charge in [-0.05, 0) is 35.0 Å². The molecule has 0 saturated heterocycles. The lowest BCUT2D eigenvalue weighted by atomic mass is 10.3. The third-order valence-corrected chi connectivity index (χ3v) is 3.40. The number of hydrogen-bond acceptors (Lipinski definition) is 5. The van der Waals surface area contributed by atoms with Gasteiger partial charge in [-0.15, -0.1) is 16.9 Å². The molecule has 96 valence electrons. The molecule has 2 aromatic rings. The SMILES string of the molecule is CCCn1nnnc1CSc1ccc(N)cc1F. The Balaban J connectivity index is 2.04. The van der Waals surface area contributed by atoms with Crippen LogP contribution < -0.4 is 5.73 Å². The van der Waals surface area contributed by atoms with Gasteiger partial charge in [-0.3, -0.25) is 0 Å². The van der Waals surface area contributed by atoms with E-state index in [4.69, 9.17) is 5.73 Å². The molecule has 0 aliphatic carbocycles. The number of nitrogen functional groups attached to an aromatic ring is 1. The van der Waals surface area contributed by atoms with Crippen LogP contribution >= 0.6 is 11.8 Å². The summed E-state index contributed by atoms with van der Waals surface area (Å²) in [5.41, 5.74) is 5.92. The zero-order valence-corrected chi connectivity index (χ0v) is 10.8. The molecule has 2 N–H and O–H groups in total. The summed E-state index contributed by atoms with van der Waals surface area (Å²) >= 11 is 1.36. The lowest BCUT2D eigenvalue weighted by Crippen LogP contribution is -2.04. The van der Waals surface area contributed by atoms with E-state index in [0.717, 1.165) is 18.8 Å². The summed E-state index contributed by atoms with van der Waals surface area (Å²) in [6.45, 7) is 2.82. The van der Waals surface area contributed by atoms with Crippen LogP contribution in [0.1, 0.15) is 19.2 Å². The summed E-state index contributed by atoms with van der Waals surface area (Å²) in [6.07, 6.45) is 0.957. The van der Waals surface area contributed by atoms with Gasteiger partial charge in [0.15, 0.2) is 5.82 Å². The Labute approximate surface area is 109 Å². The zero-order chi connectivity index (χ0) is 13.0. The van der Waals surface area contributed by atoms with Crippen molar-refractivity contribution in [1.82, 2.24) is 20.2 Å². The summed E-state index contributed by atoms with van der Waals surface area (Å²) in [4.78, 5) is 0.551. The van der Waals surface area contributed by atoms with E-state index in [1.807, 2.05) is 0 Å².